The molecule has 7 nitrogen and oxygen atoms in total. The van der Waals surface area contributed by atoms with Gasteiger partial charge in [0.15, 0.2) is 10.8 Å². The van der Waals surface area contributed by atoms with Gasteiger partial charge in [-0.15, -0.1) is 0 Å². The zero-order chi connectivity index (χ0) is 15.5. The molecule has 0 amide bonds. The van der Waals surface area contributed by atoms with Crippen molar-refractivity contribution in [3.63, 3.8) is 0 Å². The van der Waals surface area contributed by atoms with Gasteiger partial charge in [-0.2, -0.15) is 14.6 Å². The third-order valence-corrected chi connectivity index (χ3v) is 3.83. The fourth-order valence-corrected chi connectivity index (χ4v) is 2.51. The number of anilines is 1. The number of aromatic nitrogens is 5. The largest absolute Gasteiger partial charge is 0.350 e. The summed E-state index contributed by atoms with van der Waals surface area (Å²) < 4.78 is 2.75. The van der Waals surface area contributed by atoms with Crippen LogP contribution < -0.4 is 10.0 Å². The molecule has 0 atom stereocenters. The minimum absolute atomic E-state index is 0.530. The first-order valence-electron chi connectivity index (χ1n) is 6.93. The van der Waals surface area contributed by atoms with Gasteiger partial charge in [0, 0.05) is 28.5 Å². The van der Waals surface area contributed by atoms with Gasteiger partial charge >= 0.3 is 0 Å². The third kappa shape index (κ3) is 2.82. The molecule has 8 heteroatoms. The minimum atomic E-state index is 0.530. The van der Waals surface area contributed by atoms with Crippen molar-refractivity contribution in [2.24, 2.45) is 0 Å². The third-order valence-electron chi connectivity index (χ3n) is 3.28. The average Bonchev–Trinajstić information content (AvgIpc) is 2.95. The fraction of sp³-hybridized carbons (Fsp3) is 0.286. The molecule has 0 aliphatic carbocycles. The molecule has 3 heterocycles. The quantitative estimate of drug-likeness (QED) is 0.422. The number of aryl methyl sites for hydroxylation is 1. The Balaban J connectivity index is 1.93. The molecule has 0 fully saturated rings. The van der Waals surface area contributed by atoms with Crippen LogP contribution in [0.3, 0.4) is 0 Å². The highest BCUT2D eigenvalue weighted by atomic mass is 32.2. The van der Waals surface area contributed by atoms with Gasteiger partial charge in [0.05, 0.1) is 6.20 Å². The lowest BCUT2D eigenvalue weighted by Gasteiger charge is -2.08. The van der Waals surface area contributed by atoms with Crippen LogP contribution in [-0.4, -0.2) is 31.0 Å². The van der Waals surface area contributed by atoms with Gasteiger partial charge in [-0.1, -0.05) is 18.7 Å². The summed E-state index contributed by atoms with van der Waals surface area (Å²) in [6.45, 7) is 2.61. The monoisotopic (exact) mass is 317 g/mol. The number of fused-ring (bicyclic) bond motifs is 1. The summed E-state index contributed by atoms with van der Waals surface area (Å²) in [7, 11) is 0. The molecule has 3 aromatic rings. The summed E-state index contributed by atoms with van der Waals surface area (Å²) in [6, 6.07) is 3.71. The SMILES string of the molecule is CCc1cnn2c(NCc3ccc[n+](O)c3)nc(SC)nc12. The van der Waals surface area contributed by atoms with Gasteiger partial charge < -0.3 is 5.32 Å². The summed E-state index contributed by atoms with van der Waals surface area (Å²) in [4.78, 5) is 9.00. The summed E-state index contributed by atoms with van der Waals surface area (Å²) in [5.41, 5.74) is 2.86. The molecule has 0 aliphatic rings. The van der Waals surface area contributed by atoms with Crippen molar-refractivity contribution < 1.29 is 9.94 Å². The molecular formula is C14H17N6OS+. The molecule has 3 rings (SSSR count). The Morgan fingerprint density at radius 1 is 1.41 bits per heavy atom. The summed E-state index contributed by atoms with van der Waals surface area (Å²) in [5, 5.41) is 17.8. The van der Waals surface area contributed by atoms with Crippen molar-refractivity contribution in [3.05, 3.63) is 41.9 Å². The van der Waals surface area contributed by atoms with Gasteiger partial charge in [-0.25, -0.2) is 4.98 Å². The number of hydrogen-bond donors (Lipinski definition) is 2. The van der Waals surface area contributed by atoms with Crippen molar-refractivity contribution in [2.75, 3.05) is 11.6 Å². The molecule has 0 aliphatic heterocycles. The van der Waals surface area contributed by atoms with Crippen molar-refractivity contribution in [1.29, 1.82) is 0 Å². The Bertz CT molecular complexity index is 803. The van der Waals surface area contributed by atoms with Crippen LogP contribution in [0.4, 0.5) is 5.95 Å². The second-order valence-electron chi connectivity index (χ2n) is 4.74. The van der Waals surface area contributed by atoms with Crippen LogP contribution in [0, 0.1) is 0 Å². The molecule has 2 N–H and O–H groups in total. The molecule has 0 bridgehead atoms. The summed E-state index contributed by atoms with van der Waals surface area (Å²) in [5.74, 6) is 0.641. The molecule has 0 spiro atoms. The van der Waals surface area contributed by atoms with E-state index in [2.05, 4.69) is 27.3 Å². The van der Waals surface area contributed by atoms with Gasteiger partial charge in [0.2, 0.25) is 18.3 Å². The van der Waals surface area contributed by atoms with E-state index in [9.17, 15) is 5.21 Å². The molecule has 0 aromatic carbocycles. The van der Waals surface area contributed by atoms with Gasteiger partial charge in [0.25, 0.3) is 0 Å². The number of thioether (sulfide) groups is 1. The molecule has 22 heavy (non-hydrogen) atoms. The molecule has 114 valence electrons. The van der Waals surface area contributed by atoms with Crippen LogP contribution in [0.15, 0.2) is 35.9 Å². The van der Waals surface area contributed by atoms with E-state index >= 15 is 0 Å². The summed E-state index contributed by atoms with van der Waals surface area (Å²) >= 11 is 1.50. The second-order valence-corrected chi connectivity index (χ2v) is 5.51. The zero-order valence-electron chi connectivity index (χ0n) is 12.4. The van der Waals surface area contributed by atoms with E-state index in [0.29, 0.717) is 17.6 Å². The van der Waals surface area contributed by atoms with Gasteiger partial charge in [-0.3, -0.25) is 5.21 Å². The zero-order valence-corrected chi connectivity index (χ0v) is 13.2. The van der Waals surface area contributed by atoms with Gasteiger partial charge in [0.1, 0.15) is 0 Å². The normalized spacial score (nSPS) is 11.0. The smallest absolute Gasteiger partial charge is 0.228 e. The Morgan fingerprint density at radius 2 is 2.27 bits per heavy atom. The van der Waals surface area contributed by atoms with E-state index in [-0.39, 0.29) is 0 Å². The highest BCUT2D eigenvalue weighted by molar-refractivity contribution is 7.98. The Hall–Kier alpha value is -2.35. The number of nitrogens with one attached hydrogen (secondary N) is 1. The molecule has 0 saturated carbocycles. The van der Waals surface area contributed by atoms with Gasteiger partial charge in [-0.05, 0) is 18.7 Å². The molecule has 0 radical (unpaired) electrons. The highest BCUT2D eigenvalue weighted by Gasteiger charge is 2.12. The lowest BCUT2D eigenvalue weighted by Crippen LogP contribution is -2.29. The Morgan fingerprint density at radius 3 is 3.00 bits per heavy atom. The molecular weight excluding hydrogens is 300 g/mol. The number of hydrogen-bond acceptors (Lipinski definition) is 6. The molecule has 0 unspecified atom stereocenters. The second kappa shape index (κ2) is 6.18. The summed E-state index contributed by atoms with van der Waals surface area (Å²) in [6.07, 6.45) is 7.85. The van der Waals surface area contributed by atoms with E-state index in [1.807, 2.05) is 18.5 Å². The standard InChI is InChI=1S/C14H17N6OS/c1-3-11-8-16-20-12(11)17-14(22-2)18-13(20)15-7-10-5-4-6-19(21)9-10/h4-6,8-9,21H,3,7H2,1-2H3,(H,15,17,18)/q+1. The fourth-order valence-electron chi connectivity index (χ4n) is 2.16. The maximum Gasteiger partial charge on any atom is 0.228 e. The molecule has 0 saturated heterocycles. The van der Waals surface area contributed by atoms with Crippen LogP contribution in [0.25, 0.3) is 5.65 Å². The van der Waals surface area contributed by atoms with Crippen molar-refractivity contribution >= 4 is 23.4 Å². The predicted molar refractivity (Wildman–Crippen MR) is 83.1 cm³/mol. The first-order chi connectivity index (χ1) is 10.7. The lowest BCUT2D eigenvalue weighted by atomic mass is 10.3. The van der Waals surface area contributed by atoms with Crippen LogP contribution in [0.5, 0.6) is 0 Å². The Kier molecular flexibility index (Phi) is 4.10. The number of rotatable bonds is 5. The molecule has 3 aromatic heterocycles. The maximum atomic E-state index is 9.44. The number of pyridine rings is 1. The van der Waals surface area contributed by atoms with E-state index < -0.39 is 0 Å². The van der Waals surface area contributed by atoms with Crippen LogP contribution in [-0.2, 0) is 13.0 Å². The predicted octanol–water partition coefficient (Wildman–Crippen LogP) is 1.55. The topological polar surface area (TPSA) is 79.2 Å². The lowest BCUT2D eigenvalue weighted by molar-refractivity contribution is -0.905. The van der Waals surface area contributed by atoms with Crippen LogP contribution >= 0.6 is 11.8 Å². The Labute approximate surface area is 132 Å². The number of nitrogens with zero attached hydrogens (tertiary/aromatic N) is 5. The highest BCUT2D eigenvalue weighted by Crippen LogP contribution is 2.18. The van der Waals surface area contributed by atoms with Crippen molar-refractivity contribution in [3.8, 4) is 0 Å². The van der Waals surface area contributed by atoms with E-state index in [1.54, 1.807) is 23.0 Å². The van der Waals surface area contributed by atoms with Crippen LogP contribution in [0.1, 0.15) is 18.1 Å². The first-order valence-corrected chi connectivity index (χ1v) is 8.15. The average molecular weight is 317 g/mol. The first kappa shape index (κ1) is 14.6. The minimum Gasteiger partial charge on any atom is -0.350 e. The van der Waals surface area contributed by atoms with Crippen molar-refractivity contribution in [2.45, 2.75) is 25.0 Å². The van der Waals surface area contributed by atoms with E-state index in [4.69, 9.17) is 0 Å². The van der Waals surface area contributed by atoms with Crippen LogP contribution in [0.2, 0.25) is 0 Å². The van der Waals surface area contributed by atoms with E-state index in [1.165, 1.54) is 11.8 Å². The maximum absolute atomic E-state index is 9.44. The van der Waals surface area contributed by atoms with Crippen molar-refractivity contribution in [1.82, 2.24) is 19.6 Å². The van der Waals surface area contributed by atoms with E-state index in [0.717, 1.165) is 27.9 Å².